The Bertz CT molecular complexity index is 2880. The molecule has 0 fully saturated rings. The molecule has 7 nitrogen and oxygen atoms in total. The number of carbonyl (C=O) groups is 3. The second kappa shape index (κ2) is 13.3. The van der Waals surface area contributed by atoms with Gasteiger partial charge < -0.3 is 0 Å². The summed E-state index contributed by atoms with van der Waals surface area (Å²) in [5, 5.41) is 8.93. The van der Waals surface area contributed by atoms with Gasteiger partial charge in [0.25, 0.3) is 22.9 Å². The molecule has 2 amide bonds. The van der Waals surface area contributed by atoms with Crippen LogP contribution < -0.4 is 11.1 Å². The Morgan fingerprint density at radius 2 is 1.17 bits per heavy atom. The van der Waals surface area contributed by atoms with E-state index in [1.807, 2.05) is 36.4 Å². The zero-order chi connectivity index (χ0) is 37.2. The molecule has 7 heteroatoms. The maximum absolute atomic E-state index is 15.0. The molecule has 0 unspecified atom stereocenters. The monoisotopic (exact) mass is 714 g/mol. The number of carbonyl (C=O) groups excluding carboxylic acids is 3. The van der Waals surface area contributed by atoms with Crippen molar-refractivity contribution in [1.82, 2.24) is 9.47 Å². The molecule has 1 aliphatic rings. The predicted molar refractivity (Wildman–Crippen MR) is 218 cm³/mol. The number of benzene rings is 7. The minimum Gasteiger partial charge on any atom is -0.298 e. The van der Waals surface area contributed by atoms with E-state index in [4.69, 9.17) is 0 Å². The number of rotatable bonds is 14. The molecule has 9 rings (SSSR count). The summed E-state index contributed by atoms with van der Waals surface area (Å²) in [6.07, 6.45) is 10.7. The number of aromatic nitrogens is 1. The number of nitrogens with zero attached hydrogens (tertiary/aromatic N) is 2. The van der Waals surface area contributed by atoms with Crippen LogP contribution in [0.25, 0.3) is 64.6 Å². The Kier molecular flexibility index (Phi) is 8.41. The third-order valence-electron chi connectivity index (χ3n) is 12.1. The Balaban J connectivity index is 1.33. The largest absolute Gasteiger partial charge is 0.298 e. The minimum absolute atomic E-state index is 0.0437. The van der Waals surface area contributed by atoms with Gasteiger partial charge >= 0.3 is 0 Å². The summed E-state index contributed by atoms with van der Waals surface area (Å²) in [7, 11) is 0. The highest BCUT2D eigenvalue weighted by Gasteiger charge is 2.39. The van der Waals surface area contributed by atoms with E-state index in [0.29, 0.717) is 43.6 Å². The van der Waals surface area contributed by atoms with Gasteiger partial charge in [0.05, 0.1) is 17.3 Å². The normalized spacial score (nSPS) is 13.5. The van der Waals surface area contributed by atoms with Gasteiger partial charge in [-0.15, -0.1) is 0 Å². The molecule has 0 N–H and O–H groups in total. The van der Waals surface area contributed by atoms with Crippen molar-refractivity contribution in [3.63, 3.8) is 0 Å². The second-order valence-electron chi connectivity index (χ2n) is 15.3. The molecule has 0 bridgehead atoms. The van der Waals surface area contributed by atoms with E-state index in [0.717, 1.165) is 114 Å². The van der Waals surface area contributed by atoms with Crippen LogP contribution in [0, 0.1) is 0 Å². The van der Waals surface area contributed by atoms with Crippen LogP contribution in [0.4, 0.5) is 0 Å². The van der Waals surface area contributed by atoms with E-state index in [2.05, 4.69) is 26.0 Å². The number of aldehydes is 1. The summed E-state index contributed by atoms with van der Waals surface area (Å²) in [5.74, 6) is -0.570. The van der Waals surface area contributed by atoms with Gasteiger partial charge in [-0.3, -0.25) is 33.4 Å². The highest BCUT2D eigenvalue weighted by Crippen LogP contribution is 2.50. The molecule has 54 heavy (non-hydrogen) atoms. The summed E-state index contributed by atoms with van der Waals surface area (Å²) < 4.78 is 1.28. The van der Waals surface area contributed by atoms with E-state index in [1.54, 1.807) is 24.3 Å². The number of imide groups is 1. The molecule has 0 aliphatic carbocycles. The maximum Gasteiger partial charge on any atom is 0.262 e. The minimum atomic E-state index is -0.416. The molecule has 0 atom stereocenters. The maximum atomic E-state index is 15.0. The molecule has 1 aliphatic heterocycles. The average Bonchev–Trinajstić information content (AvgIpc) is 3.44. The van der Waals surface area contributed by atoms with Crippen LogP contribution in [0.3, 0.4) is 0 Å². The van der Waals surface area contributed by atoms with Gasteiger partial charge in [0.1, 0.15) is 6.29 Å². The smallest absolute Gasteiger partial charge is 0.262 e. The molecular weight excluding hydrogens is 673 g/mol. The van der Waals surface area contributed by atoms with Crippen LogP contribution in [0.15, 0.2) is 82.4 Å². The summed E-state index contributed by atoms with van der Waals surface area (Å²) in [6, 6.07) is 22.4. The quantitative estimate of drug-likeness (QED) is 0.0368. The lowest BCUT2D eigenvalue weighted by Gasteiger charge is -2.35. The van der Waals surface area contributed by atoms with Crippen molar-refractivity contribution in [2.45, 2.75) is 90.6 Å². The van der Waals surface area contributed by atoms with Gasteiger partial charge in [-0.25, -0.2) is 0 Å². The lowest BCUT2D eigenvalue weighted by Crippen LogP contribution is -2.47. The van der Waals surface area contributed by atoms with E-state index in [9.17, 15) is 24.0 Å². The fraction of sp³-hybridized carbons (Fsp3) is 0.298. The molecule has 0 spiro atoms. The van der Waals surface area contributed by atoms with Crippen LogP contribution in [-0.2, 0) is 6.54 Å². The molecule has 2 heterocycles. The van der Waals surface area contributed by atoms with Crippen LogP contribution in [0.5, 0.6) is 0 Å². The summed E-state index contributed by atoms with van der Waals surface area (Å²) >= 11 is 0. The van der Waals surface area contributed by atoms with Gasteiger partial charge in [-0.05, 0) is 79.0 Å². The van der Waals surface area contributed by atoms with Crippen LogP contribution in [-0.4, -0.2) is 33.6 Å². The summed E-state index contributed by atoms with van der Waals surface area (Å²) in [5.41, 5.74) is 1.36. The summed E-state index contributed by atoms with van der Waals surface area (Å²) in [6.45, 7) is 4.40. The Labute approximate surface area is 312 Å². The van der Waals surface area contributed by atoms with Gasteiger partial charge in [-0.2, -0.15) is 0 Å². The second-order valence-corrected chi connectivity index (χ2v) is 15.3. The molecule has 7 aromatic carbocycles. The molecule has 270 valence electrons. The van der Waals surface area contributed by atoms with Crippen LogP contribution in [0.1, 0.15) is 115 Å². The zero-order valence-corrected chi connectivity index (χ0v) is 30.8. The third-order valence-corrected chi connectivity index (χ3v) is 12.1. The average molecular weight is 715 g/mol. The number of amides is 2. The first-order chi connectivity index (χ1) is 26.4. The van der Waals surface area contributed by atoms with Crippen molar-refractivity contribution < 1.29 is 14.4 Å². The SMILES string of the molecule is CCCCCCC(CCCCCC)N1C(=O)c2ccc3c4cccc5ccc6c7c(=O)n(Cc8ccc(C=O)cc8)c(=O)c7c7cc(c2c3c7c6c54)C1=O. The first-order valence-electron chi connectivity index (χ1n) is 19.6. The van der Waals surface area contributed by atoms with E-state index in [-0.39, 0.29) is 30.0 Å². The van der Waals surface area contributed by atoms with Gasteiger partial charge in [-0.1, -0.05) is 126 Å². The number of hydrogen-bond acceptors (Lipinski definition) is 5. The number of fused-ring (bicyclic) bond motifs is 4. The molecule has 0 saturated carbocycles. The van der Waals surface area contributed by atoms with Crippen LogP contribution in [0.2, 0.25) is 0 Å². The number of hydrogen-bond donors (Lipinski definition) is 0. The van der Waals surface area contributed by atoms with Crippen LogP contribution >= 0.6 is 0 Å². The Morgan fingerprint density at radius 1 is 0.556 bits per heavy atom. The Morgan fingerprint density at radius 3 is 1.85 bits per heavy atom. The first kappa shape index (κ1) is 34.1. The Hall–Kier alpha value is -5.69. The van der Waals surface area contributed by atoms with Crippen molar-refractivity contribution in [3.8, 4) is 0 Å². The van der Waals surface area contributed by atoms with Crippen molar-refractivity contribution in [3.05, 3.63) is 116 Å². The van der Waals surface area contributed by atoms with Gasteiger partial charge in [0.15, 0.2) is 0 Å². The van der Waals surface area contributed by atoms with Gasteiger partial charge in [0, 0.05) is 28.1 Å². The van der Waals surface area contributed by atoms with Crippen molar-refractivity contribution in [1.29, 1.82) is 0 Å². The van der Waals surface area contributed by atoms with Gasteiger partial charge in [0.2, 0.25) is 0 Å². The van der Waals surface area contributed by atoms with E-state index < -0.39 is 5.56 Å². The summed E-state index contributed by atoms with van der Waals surface area (Å²) in [4.78, 5) is 71.6. The third kappa shape index (κ3) is 4.97. The first-order valence-corrected chi connectivity index (χ1v) is 19.6. The highest BCUT2D eigenvalue weighted by atomic mass is 16.2. The highest BCUT2D eigenvalue weighted by molar-refractivity contribution is 6.47. The van der Waals surface area contributed by atoms with Crippen molar-refractivity contribution >= 4 is 82.7 Å². The predicted octanol–water partition coefficient (Wildman–Crippen LogP) is 10.2. The number of unbranched alkanes of at least 4 members (excludes halogenated alkanes) is 6. The molecule has 8 aromatic rings. The zero-order valence-electron chi connectivity index (χ0n) is 30.8. The van der Waals surface area contributed by atoms with Crippen molar-refractivity contribution in [2.24, 2.45) is 0 Å². The molecule has 0 radical (unpaired) electrons. The fourth-order valence-corrected chi connectivity index (χ4v) is 9.47. The van der Waals surface area contributed by atoms with E-state index in [1.165, 1.54) is 9.47 Å². The molecule has 1 aromatic heterocycles. The van der Waals surface area contributed by atoms with E-state index >= 15 is 0 Å². The lowest BCUT2D eigenvalue weighted by molar-refractivity contribution is 0.0517. The lowest BCUT2D eigenvalue weighted by atomic mass is 9.80. The molecular formula is C47H42N2O5. The topological polar surface area (TPSA) is 93.5 Å². The van der Waals surface area contributed by atoms with Crippen molar-refractivity contribution in [2.75, 3.05) is 0 Å². The standard InChI is InChI=1S/C47H42N2O5/c1-3-5-7-9-13-30(14-10-8-6-4-2)49-44(51)34-23-22-32-31-15-11-12-29-20-21-33-40(37(29)31)41-35(24-36(45(49)52)38(34)39(32)41)43-42(33)46(53)48(47(43)54)25-27-16-18-28(26-50)19-17-27/h11-12,15-24,26,30H,3-10,13-14,25H2,1-2H3. The molecule has 0 saturated heterocycles. The fourth-order valence-electron chi connectivity index (χ4n) is 9.47.